The van der Waals surface area contributed by atoms with Gasteiger partial charge in [-0.2, -0.15) is 13.2 Å². The van der Waals surface area contributed by atoms with Crippen molar-refractivity contribution in [1.82, 2.24) is 4.98 Å². The van der Waals surface area contributed by atoms with Gasteiger partial charge in [-0.3, -0.25) is 0 Å². The smallest absolute Gasteiger partial charge is 0.501 e. The van der Waals surface area contributed by atoms with E-state index in [0.717, 1.165) is 7.11 Å². The number of hydrogen-bond donors (Lipinski definition) is 1. The van der Waals surface area contributed by atoms with Gasteiger partial charge in [-0.05, 0) is 0 Å². The van der Waals surface area contributed by atoms with Crippen LogP contribution in [0.2, 0.25) is 0 Å². The molecule has 0 saturated carbocycles. The molecule has 0 unspecified atom stereocenters. The molecule has 100 valence electrons. The predicted octanol–water partition coefficient (Wildman–Crippen LogP) is 0.867. The highest BCUT2D eigenvalue weighted by Crippen LogP contribution is 2.31. The molecule has 0 fully saturated rings. The van der Waals surface area contributed by atoms with E-state index in [0.29, 0.717) is 6.20 Å². The van der Waals surface area contributed by atoms with E-state index < -0.39 is 37.7 Å². The highest BCUT2D eigenvalue weighted by Gasteiger charge is 2.47. The number of aromatic hydroxyl groups is 1. The quantitative estimate of drug-likeness (QED) is 0.810. The van der Waals surface area contributed by atoms with E-state index in [-0.39, 0.29) is 6.07 Å². The molecule has 0 radical (unpaired) electrons. The number of esters is 1. The lowest BCUT2D eigenvalue weighted by molar-refractivity contribution is -0.0436. The number of halogens is 3. The van der Waals surface area contributed by atoms with Crippen LogP contribution in [0.4, 0.5) is 13.2 Å². The number of sulfone groups is 1. The standard InChI is InChI=1S/C8H6F3NO5S/c1-17-7(14)6-5(13)2-4(3-12-6)18(15,16)8(9,10)11/h2-3,13H,1H3. The van der Waals surface area contributed by atoms with Gasteiger partial charge in [0.25, 0.3) is 9.84 Å². The van der Waals surface area contributed by atoms with Gasteiger partial charge in [0.15, 0.2) is 5.69 Å². The second-order valence-electron chi connectivity index (χ2n) is 2.98. The van der Waals surface area contributed by atoms with Crippen molar-refractivity contribution in [3.8, 4) is 5.75 Å². The Morgan fingerprint density at radius 3 is 2.39 bits per heavy atom. The Balaban J connectivity index is 3.34. The van der Waals surface area contributed by atoms with Crippen molar-refractivity contribution in [2.75, 3.05) is 7.11 Å². The number of hydrogen-bond acceptors (Lipinski definition) is 6. The zero-order chi connectivity index (χ0) is 14.1. The van der Waals surface area contributed by atoms with Crippen LogP contribution < -0.4 is 0 Å². The molecular formula is C8H6F3NO5S. The molecule has 1 heterocycles. The summed E-state index contributed by atoms with van der Waals surface area (Å²) in [6.45, 7) is 0. The van der Waals surface area contributed by atoms with Gasteiger partial charge in [0.1, 0.15) is 5.75 Å². The molecule has 0 aliphatic rings. The molecule has 0 aromatic carbocycles. The minimum atomic E-state index is -5.62. The fourth-order valence-corrected chi connectivity index (χ4v) is 1.69. The number of carbonyl (C=O) groups is 1. The molecule has 0 spiro atoms. The number of alkyl halides is 3. The SMILES string of the molecule is COC(=O)c1ncc(S(=O)(=O)C(F)(F)F)cc1O. The molecule has 0 atom stereocenters. The zero-order valence-corrected chi connectivity index (χ0v) is 9.54. The summed E-state index contributed by atoms with van der Waals surface area (Å²) in [5.41, 5.74) is -6.20. The molecule has 1 aromatic heterocycles. The van der Waals surface area contributed by atoms with Crippen molar-refractivity contribution in [3.05, 3.63) is 18.0 Å². The van der Waals surface area contributed by atoms with E-state index in [9.17, 15) is 31.5 Å². The van der Waals surface area contributed by atoms with Gasteiger partial charge in [-0.25, -0.2) is 18.2 Å². The molecule has 0 bridgehead atoms. The zero-order valence-electron chi connectivity index (χ0n) is 8.72. The van der Waals surface area contributed by atoms with E-state index in [4.69, 9.17) is 0 Å². The molecule has 1 aromatic rings. The highest BCUT2D eigenvalue weighted by molar-refractivity contribution is 7.92. The molecule has 6 nitrogen and oxygen atoms in total. The lowest BCUT2D eigenvalue weighted by atomic mass is 10.3. The molecule has 1 rings (SSSR count). The normalized spacial score (nSPS) is 12.2. The first-order valence-electron chi connectivity index (χ1n) is 4.20. The maximum absolute atomic E-state index is 12.2. The third-order valence-corrected chi connectivity index (χ3v) is 3.29. The summed E-state index contributed by atoms with van der Waals surface area (Å²) < 4.78 is 62.7. The van der Waals surface area contributed by atoms with Crippen molar-refractivity contribution in [1.29, 1.82) is 0 Å². The van der Waals surface area contributed by atoms with Gasteiger partial charge in [0, 0.05) is 12.3 Å². The summed E-state index contributed by atoms with van der Waals surface area (Å²) >= 11 is 0. The van der Waals surface area contributed by atoms with Crippen LogP contribution in [0.1, 0.15) is 10.5 Å². The maximum Gasteiger partial charge on any atom is 0.501 e. The first-order chi connectivity index (χ1) is 8.11. The van der Waals surface area contributed by atoms with Crippen LogP contribution in [-0.4, -0.2) is 37.1 Å². The van der Waals surface area contributed by atoms with Gasteiger partial charge in [-0.1, -0.05) is 0 Å². The van der Waals surface area contributed by atoms with Crippen LogP contribution in [0.15, 0.2) is 17.2 Å². The topological polar surface area (TPSA) is 93.6 Å². The molecule has 0 saturated heterocycles. The fourth-order valence-electron chi connectivity index (χ4n) is 0.969. The van der Waals surface area contributed by atoms with Crippen molar-refractivity contribution in [2.24, 2.45) is 0 Å². The lowest BCUT2D eigenvalue weighted by Gasteiger charge is -2.08. The van der Waals surface area contributed by atoms with Crippen LogP contribution in [0.25, 0.3) is 0 Å². The van der Waals surface area contributed by atoms with Gasteiger partial charge in [0.2, 0.25) is 0 Å². The van der Waals surface area contributed by atoms with Crippen molar-refractivity contribution >= 4 is 15.8 Å². The Kier molecular flexibility index (Phi) is 3.51. The largest absolute Gasteiger partial charge is 0.505 e. The molecule has 0 aliphatic carbocycles. The van der Waals surface area contributed by atoms with Gasteiger partial charge in [0.05, 0.1) is 12.0 Å². The van der Waals surface area contributed by atoms with Crippen molar-refractivity contribution in [3.63, 3.8) is 0 Å². The molecule has 1 N–H and O–H groups in total. The number of rotatable bonds is 2. The van der Waals surface area contributed by atoms with E-state index in [2.05, 4.69) is 9.72 Å². The number of aromatic nitrogens is 1. The number of carbonyl (C=O) groups excluding carboxylic acids is 1. The Labute approximate surface area is 98.9 Å². The Bertz CT molecular complexity index is 581. The highest BCUT2D eigenvalue weighted by atomic mass is 32.2. The number of nitrogens with zero attached hydrogens (tertiary/aromatic N) is 1. The van der Waals surface area contributed by atoms with E-state index in [1.165, 1.54) is 0 Å². The van der Waals surface area contributed by atoms with Crippen molar-refractivity contribution < 1.29 is 36.2 Å². The summed E-state index contributed by atoms with van der Waals surface area (Å²) in [7, 11) is -4.66. The number of pyridine rings is 1. The first-order valence-corrected chi connectivity index (χ1v) is 5.68. The fraction of sp³-hybridized carbons (Fsp3) is 0.250. The van der Waals surface area contributed by atoms with E-state index in [1.807, 2.05) is 0 Å². The summed E-state index contributed by atoms with van der Waals surface area (Å²) in [5, 5.41) is 9.23. The second-order valence-corrected chi connectivity index (χ2v) is 4.92. The molecule has 0 amide bonds. The van der Waals surface area contributed by atoms with Crippen LogP contribution in [0, 0.1) is 0 Å². The second kappa shape index (κ2) is 4.44. The maximum atomic E-state index is 12.2. The van der Waals surface area contributed by atoms with Crippen molar-refractivity contribution in [2.45, 2.75) is 10.4 Å². The van der Waals surface area contributed by atoms with Gasteiger partial charge in [-0.15, -0.1) is 0 Å². The summed E-state index contributed by atoms with van der Waals surface area (Å²) in [5.74, 6) is -2.13. The molecular weight excluding hydrogens is 279 g/mol. The molecule has 0 aliphatic heterocycles. The Morgan fingerprint density at radius 2 is 2.00 bits per heavy atom. The molecule has 10 heteroatoms. The van der Waals surface area contributed by atoms with Crippen LogP contribution in [-0.2, 0) is 14.6 Å². The minimum absolute atomic E-state index is 0.280. The predicted molar refractivity (Wildman–Crippen MR) is 50.5 cm³/mol. The number of ether oxygens (including phenoxy) is 1. The number of methoxy groups -OCH3 is 1. The van der Waals surface area contributed by atoms with E-state index >= 15 is 0 Å². The van der Waals surface area contributed by atoms with Crippen LogP contribution in [0.5, 0.6) is 5.75 Å². The van der Waals surface area contributed by atoms with Gasteiger partial charge < -0.3 is 9.84 Å². The Morgan fingerprint density at radius 1 is 1.44 bits per heavy atom. The third kappa shape index (κ3) is 2.37. The Hall–Kier alpha value is -1.84. The summed E-state index contributed by atoms with van der Waals surface area (Å²) in [4.78, 5) is 12.8. The lowest BCUT2D eigenvalue weighted by Crippen LogP contribution is -2.23. The van der Waals surface area contributed by atoms with Crippen LogP contribution in [0.3, 0.4) is 0 Å². The minimum Gasteiger partial charge on any atom is -0.505 e. The average Bonchev–Trinajstić information content (AvgIpc) is 2.26. The monoisotopic (exact) mass is 285 g/mol. The third-order valence-electron chi connectivity index (χ3n) is 1.84. The van der Waals surface area contributed by atoms with Crippen LogP contribution >= 0.6 is 0 Å². The first kappa shape index (κ1) is 14.2. The average molecular weight is 285 g/mol. The van der Waals surface area contributed by atoms with Gasteiger partial charge >= 0.3 is 11.5 Å². The van der Waals surface area contributed by atoms with E-state index in [1.54, 1.807) is 0 Å². The summed E-state index contributed by atoms with van der Waals surface area (Å²) in [6, 6.07) is 0.280. The summed E-state index contributed by atoms with van der Waals surface area (Å²) in [6.07, 6.45) is 0.314. The molecule has 18 heavy (non-hydrogen) atoms.